The Bertz CT molecular complexity index is 581. The Kier molecular flexibility index (Phi) is 7.12. The zero-order chi connectivity index (χ0) is 18.2. The van der Waals surface area contributed by atoms with Crippen molar-refractivity contribution in [1.29, 1.82) is 0 Å². The lowest BCUT2D eigenvalue weighted by atomic mass is 10.1. The number of likely N-dealkylation sites (tertiary alicyclic amines) is 1. The van der Waals surface area contributed by atoms with Crippen LogP contribution in [0.3, 0.4) is 0 Å². The van der Waals surface area contributed by atoms with Crippen LogP contribution in [0.1, 0.15) is 26.2 Å². The Labute approximate surface area is 145 Å². The molecule has 6 nitrogen and oxygen atoms in total. The minimum absolute atomic E-state index is 0.0161. The molecule has 1 aromatic carbocycles. The van der Waals surface area contributed by atoms with E-state index in [2.05, 4.69) is 15.4 Å². The monoisotopic (exact) mass is 355 g/mol. The van der Waals surface area contributed by atoms with Crippen molar-refractivity contribution < 1.29 is 23.1 Å². The minimum atomic E-state index is -2.87. The summed E-state index contributed by atoms with van der Waals surface area (Å²) in [5.74, 6) is -0.133. The van der Waals surface area contributed by atoms with Crippen LogP contribution in [-0.2, 0) is 9.59 Å². The number of amides is 2. The second-order valence-electron chi connectivity index (χ2n) is 5.95. The van der Waals surface area contributed by atoms with Crippen LogP contribution in [0.5, 0.6) is 5.75 Å². The molecule has 0 radical (unpaired) electrons. The number of nitrogens with zero attached hydrogens (tertiary/aromatic N) is 1. The van der Waals surface area contributed by atoms with Crippen LogP contribution < -0.4 is 15.4 Å². The standard InChI is InChI=1S/C17H23F2N3O3/c1-2-15(23)21-13-4-3-9-22(10-13)11-16(24)20-12-5-7-14(8-6-12)25-17(18)19/h5-8,13,17H,2-4,9-11H2,1H3,(H,20,24)(H,21,23). The zero-order valence-electron chi connectivity index (χ0n) is 14.1. The highest BCUT2D eigenvalue weighted by Gasteiger charge is 2.22. The first-order valence-electron chi connectivity index (χ1n) is 8.32. The molecule has 0 aromatic heterocycles. The number of carbonyl (C=O) groups excluding carboxylic acids is 2. The molecule has 1 aliphatic rings. The molecule has 2 amide bonds. The second kappa shape index (κ2) is 9.31. The van der Waals surface area contributed by atoms with Gasteiger partial charge in [-0.05, 0) is 43.7 Å². The van der Waals surface area contributed by atoms with Crippen LogP contribution in [0.2, 0.25) is 0 Å². The Balaban J connectivity index is 1.80. The lowest BCUT2D eigenvalue weighted by molar-refractivity contribution is -0.121. The first-order valence-corrected chi connectivity index (χ1v) is 8.32. The summed E-state index contributed by atoms with van der Waals surface area (Å²) in [5, 5.41) is 5.68. The summed E-state index contributed by atoms with van der Waals surface area (Å²) in [6.45, 7) is 0.586. The van der Waals surface area contributed by atoms with Gasteiger partial charge in [0.2, 0.25) is 11.8 Å². The summed E-state index contributed by atoms with van der Waals surface area (Å²) in [5.41, 5.74) is 0.513. The molecule has 1 saturated heterocycles. The molecule has 25 heavy (non-hydrogen) atoms. The summed E-state index contributed by atoms with van der Waals surface area (Å²) < 4.78 is 28.5. The third-order valence-electron chi connectivity index (χ3n) is 3.92. The van der Waals surface area contributed by atoms with E-state index in [-0.39, 0.29) is 30.2 Å². The van der Waals surface area contributed by atoms with Crippen LogP contribution in [-0.4, -0.2) is 49.0 Å². The number of nitrogens with one attached hydrogen (secondary N) is 2. The Morgan fingerprint density at radius 1 is 1.28 bits per heavy atom. The van der Waals surface area contributed by atoms with Crippen molar-refractivity contribution in [2.45, 2.75) is 38.8 Å². The average Bonchev–Trinajstić information content (AvgIpc) is 2.56. The number of anilines is 1. The highest BCUT2D eigenvalue weighted by Crippen LogP contribution is 2.18. The van der Waals surface area contributed by atoms with Crippen molar-refractivity contribution in [2.75, 3.05) is 25.0 Å². The van der Waals surface area contributed by atoms with Gasteiger partial charge >= 0.3 is 6.61 Å². The average molecular weight is 355 g/mol. The van der Waals surface area contributed by atoms with E-state index in [0.717, 1.165) is 19.4 Å². The second-order valence-corrected chi connectivity index (χ2v) is 5.95. The first-order chi connectivity index (χ1) is 12.0. The number of piperidine rings is 1. The fourth-order valence-corrected chi connectivity index (χ4v) is 2.77. The minimum Gasteiger partial charge on any atom is -0.435 e. The molecule has 1 fully saturated rings. The number of carbonyl (C=O) groups is 2. The topological polar surface area (TPSA) is 70.7 Å². The van der Waals surface area contributed by atoms with E-state index in [9.17, 15) is 18.4 Å². The zero-order valence-corrected chi connectivity index (χ0v) is 14.1. The smallest absolute Gasteiger partial charge is 0.387 e. The van der Waals surface area contributed by atoms with Gasteiger partial charge in [-0.2, -0.15) is 8.78 Å². The number of hydrogen-bond acceptors (Lipinski definition) is 4. The van der Waals surface area contributed by atoms with Gasteiger partial charge in [-0.25, -0.2) is 0 Å². The van der Waals surface area contributed by atoms with Gasteiger partial charge in [-0.3, -0.25) is 14.5 Å². The van der Waals surface area contributed by atoms with Crippen LogP contribution in [0.25, 0.3) is 0 Å². The van der Waals surface area contributed by atoms with Gasteiger partial charge in [0.15, 0.2) is 0 Å². The third-order valence-corrected chi connectivity index (χ3v) is 3.92. The quantitative estimate of drug-likeness (QED) is 0.787. The van der Waals surface area contributed by atoms with Crippen LogP contribution >= 0.6 is 0 Å². The molecule has 2 N–H and O–H groups in total. The summed E-state index contributed by atoms with van der Waals surface area (Å²) in [6, 6.07) is 5.84. The van der Waals surface area contributed by atoms with Crippen molar-refractivity contribution in [1.82, 2.24) is 10.2 Å². The number of rotatable bonds is 7. The maximum Gasteiger partial charge on any atom is 0.387 e. The van der Waals surface area contributed by atoms with Gasteiger partial charge in [-0.15, -0.1) is 0 Å². The van der Waals surface area contributed by atoms with E-state index in [0.29, 0.717) is 18.7 Å². The normalized spacial score (nSPS) is 18.0. The highest BCUT2D eigenvalue weighted by atomic mass is 19.3. The van der Waals surface area contributed by atoms with Gasteiger partial charge < -0.3 is 15.4 Å². The SMILES string of the molecule is CCC(=O)NC1CCCN(CC(=O)Nc2ccc(OC(F)F)cc2)C1. The van der Waals surface area contributed by atoms with Gasteiger partial charge in [0, 0.05) is 24.7 Å². The molecule has 0 bridgehead atoms. The van der Waals surface area contributed by atoms with Crippen molar-refractivity contribution in [3.63, 3.8) is 0 Å². The Hall–Kier alpha value is -2.22. The van der Waals surface area contributed by atoms with Gasteiger partial charge in [0.25, 0.3) is 0 Å². The third kappa shape index (κ3) is 6.66. The fourth-order valence-electron chi connectivity index (χ4n) is 2.77. The maximum absolute atomic E-state index is 12.1. The van der Waals surface area contributed by atoms with Crippen LogP contribution in [0.15, 0.2) is 24.3 Å². The predicted molar refractivity (Wildman–Crippen MR) is 89.6 cm³/mol. The summed E-state index contributed by atoms with van der Waals surface area (Å²) >= 11 is 0. The largest absolute Gasteiger partial charge is 0.435 e. The van der Waals surface area contributed by atoms with Crippen molar-refractivity contribution in [3.8, 4) is 5.75 Å². The molecule has 1 atom stereocenters. The van der Waals surface area contributed by atoms with E-state index < -0.39 is 6.61 Å². The number of hydrogen-bond donors (Lipinski definition) is 2. The molecule has 1 heterocycles. The number of benzene rings is 1. The van der Waals surface area contributed by atoms with Gasteiger partial charge in [0.05, 0.1) is 6.54 Å². The number of ether oxygens (including phenoxy) is 1. The molecule has 1 aromatic rings. The lowest BCUT2D eigenvalue weighted by Crippen LogP contribution is -2.49. The molecule has 0 spiro atoms. The van der Waals surface area contributed by atoms with Crippen molar-refractivity contribution >= 4 is 17.5 Å². The summed E-state index contributed by atoms with van der Waals surface area (Å²) in [7, 11) is 0. The van der Waals surface area contributed by atoms with Crippen LogP contribution in [0, 0.1) is 0 Å². The van der Waals surface area contributed by atoms with Crippen molar-refractivity contribution in [3.05, 3.63) is 24.3 Å². The molecule has 1 unspecified atom stereocenters. The molecule has 0 aliphatic carbocycles. The first kappa shape index (κ1) is 19.1. The molecular formula is C17H23F2N3O3. The summed E-state index contributed by atoms with van der Waals surface area (Å²) in [6.07, 6.45) is 2.28. The van der Waals surface area contributed by atoms with E-state index in [1.165, 1.54) is 24.3 Å². The van der Waals surface area contributed by atoms with E-state index >= 15 is 0 Å². The molecule has 2 rings (SSSR count). The van der Waals surface area contributed by atoms with E-state index in [4.69, 9.17) is 0 Å². The summed E-state index contributed by atoms with van der Waals surface area (Å²) in [4.78, 5) is 25.6. The van der Waals surface area contributed by atoms with Crippen LogP contribution in [0.4, 0.5) is 14.5 Å². The highest BCUT2D eigenvalue weighted by molar-refractivity contribution is 5.92. The number of alkyl halides is 2. The molecule has 1 aliphatic heterocycles. The van der Waals surface area contributed by atoms with E-state index in [1.807, 2.05) is 4.90 Å². The molecular weight excluding hydrogens is 332 g/mol. The number of halogens is 2. The molecule has 138 valence electrons. The van der Waals surface area contributed by atoms with Gasteiger partial charge in [0.1, 0.15) is 5.75 Å². The Morgan fingerprint density at radius 2 is 2.00 bits per heavy atom. The Morgan fingerprint density at radius 3 is 2.64 bits per heavy atom. The molecule has 0 saturated carbocycles. The van der Waals surface area contributed by atoms with E-state index in [1.54, 1.807) is 6.92 Å². The van der Waals surface area contributed by atoms with Gasteiger partial charge in [-0.1, -0.05) is 6.92 Å². The predicted octanol–water partition coefficient (Wildman–Crippen LogP) is 2.22. The maximum atomic E-state index is 12.1. The van der Waals surface area contributed by atoms with Crippen molar-refractivity contribution in [2.24, 2.45) is 0 Å². The molecule has 8 heteroatoms. The fraction of sp³-hybridized carbons (Fsp3) is 0.529. The lowest BCUT2D eigenvalue weighted by Gasteiger charge is -2.32.